The van der Waals surface area contributed by atoms with Crippen LogP contribution in [-0.2, 0) is 0 Å². The second kappa shape index (κ2) is 9.47. The summed E-state index contributed by atoms with van der Waals surface area (Å²) in [6.45, 7) is 14.8. The van der Waals surface area contributed by atoms with Gasteiger partial charge in [0, 0.05) is 26.2 Å². The lowest BCUT2D eigenvalue weighted by atomic mass is 10.1. The minimum absolute atomic E-state index is 0.868. The molecule has 2 heteroatoms. The van der Waals surface area contributed by atoms with E-state index in [-0.39, 0.29) is 0 Å². The van der Waals surface area contributed by atoms with Gasteiger partial charge in [-0.05, 0) is 25.3 Å². The molecule has 1 saturated heterocycles. The van der Waals surface area contributed by atoms with Crippen molar-refractivity contribution in [1.82, 2.24) is 10.2 Å². The molecule has 1 N–H and O–H groups in total. The summed E-state index contributed by atoms with van der Waals surface area (Å²) in [5.41, 5.74) is 0. The summed E-state index contributed by atoms with van der Waals surface area (Å²) in [4.78, 5) is 2.57. The van der Waals surface area contributed by atoms with E-state index in [0.717, 1.165) is 5.92 Å². The van der Waals surface area contributed by atoms with Crippen LogP contribution >= 0.6 is 0 Å². The van der Waals surface area contributed by atoms with Gasteiger partial charge < -0.3 is 10.2 Å². The molecule has 14 heavy (non-hydrogen) atoms. The summed E-state index contributed by atoms with van der Waals surface area (Å²) >= 11 is 0. The Balaban J connectivity index is 0.000000791. The van der Waals surface area contributed by atoms with Crippen LogP contribution in [0.1, 0.15) is 40.5 Å². The third-order valence-electron chi connectivity index (χ3n) is 2.47. The fourth-order valence-electron chi connectivity index (χ4n) is 1.66. The van der Waals surface area contributed by atoms with Crippen molar-refractivity contribution in [3.8, 4) is 0 Å². The molecule has 0 aromatic carbocycles. The number of hydrogen-bond acceptors (Lipinski definition) is 2. The Kier molecular flexibility index (Phi) is 9.42. The Morgan fingerprint density at radius 2 is 1.71 bits per heavy atom. The normalized spacial score (nSPS) is 17.8. The lowest BCUT2D eigenvalue weighted by Gasteiger charge is -2.27. The van der Waals surface area contributed by atoms with Crippen LogP contribution in [0.3, 0.4) is 0 Å². The average Bonchev–Trinajstić information content (AvgIpc) is 2.22. The highest BCUT2D eigenvalue weighted by molar-refractivity contribution is 4.67. The molecule has 0 bridgehead atoms. The summed E-state index contributed by atoms with van der Waals surface area (Å²) in [5, 5.41) is 3.37. The van der Waals surface area contributed by atoms with E-state index in [1.807, 2.05) is 13.8 Å². The SMILES string of the molecule is CC.CC(C)CCCN1CCNCC1. The Labute approximate surface area is 90.1 Å². The van der Waals surface area contributed by atoms with Crippen molar-refractivity contribution in [3.05, 3.63) is 0 Å². The maximum absolute atomic E-state index is 3.37. The van der Waals surface area contributed by atoms with Gasteiger partial charge in [-0.15, -0.1) is 0 Å². The molecule has 2 nitrogen and oxygen atoms in total. The lowest BCUT2D eigenvalue weighted by molar-refractivity contribution is 0.233. The van der Waals surface area contributed by atoms with E-state index in [1.54, 1.807) is 0 Å². The van der Waals surface area contributed by atoms with Gasteiger partial charge in [-0.3, -0.25) is 0 Å². The van der Waals surface area contributed by atoms with Crippen LogP contribution in [0.4, 0.5) is 0 Å². The fourth-order valence-corrected chi connectivity index (χ4v) is 1.66. The number of rotatable bonds is 4. The summed E-state index contributed by atoms with van der Waals surface area (Å²) in [7, 11) is 0. The van der Waals surface area contributed by atoms with Crippen molar-refractivity contribution in [2.24, 2.45) is 5.92 Å². The quantitative estimate of drug-likeness (QED) is 0.749. The maximum atomic E-state index is 3.37. The number of nitrogens with zero attached hydrogens (tertiary/aromatic N) is 1. The summed E-state index contributed by atoms with van der Waals surface area (Å²) in [5.74, 6) is 0.868. The van der Waals surface area contributed by atoms with E-state index in [1.165, 1.54) is 45.6 Å². The molecule has 0 aromatic heterocycles. The van der Waals surface area contributed by atoms with E-state index < -0.39 is 0 Å². The van der Waals surface area contributed by atoms with E-state index in [2.05, 4.69) is 24.1 Å². The topological polar surface area (TPSA) is 15.3 Å². The molecule has 0 aromatic rings. The van der Waals surface area contributed by atoms with Crippen molar-refractivity contribution in [2.75, 3.05) is 32.7 Å². The second-order valence-corrected chi connectivity index (χ2v) is 4.13. The van der Waals surface area contributed by atoms with E-state index in [0.29, 0.717) is 0 Å². The van der Waals surface area contributed by atoms with Crippen LogP contribution in [0.2, 0.25) is 0 Å². The molecule has 0 amide bonds. The number of piperazine rings is 1. The molecule has 0 spiro atoms. The molecule has 0 unspecified atom stereocenters. The summed E-state index contributed by atoms with van der Waals surface area (Å²) in [6, 6.07) is 0. The molecule has 1 fully saturated rings. The van der Waals surface area contributed by atoms with Crippen molar-refractivity contribution in [1.29, 1.82) is 0 Å². The molecule has 1 aliphatic rings. The predicted octanol–water partition coefficient (Wildman–Crippen LogP) is 2.35. The molecule has 0 radical (unpaired) electrons. The summed E-state index contributed by atoms with van der Waals surface area (Å²) in [6.07, 6.45) is 2.75. The standard InChI is InChI=1S/C10H22N2.C2H6/c1-10(2)4-3-7-12-8-5-11-6-9-12;1-2/h10-11H,3-9H2,1-2H3;1-2H3. The fraction of sp³-hybridized carbons (Fsp3) is 1.00. The molecule has 1 heterocycles. The maximum Gasteiger partial charge on any atom is 0.0107 e. The van der Waals surface area contributed by atoms with Gasteiger partial charge in [0.2, 0.25) is 0 Å². The zero-order valence-electron chi connectivity index (χ0n) is 10.5. The molecule has 0 atom stereocenters. The van der Waals surface area contributed by atoms with Gasteiger partial charge in [0.1, 0.15) is 0 Å². The van der Waals surface area contributed by atoms with Gasteiger partial charge in [-0.2, -0.15) is 0 Å². The van der Waals surface area contributed by atoms with Crippen molar-refractivity contribution in [3.63, 3.8) is 0 Å². The smallest absolute Gasteiger partial charge is 0.0107 e. The highest BCUT2D eigenvalue weighted by atomic mass is 15.2. The van der Waals surface area contributed by atoms with Crippen LogP contribution in [0.25, 0.3) is 0 Å². The first-order chi connectivity index (χ1) is 6.79. The highest BCUT2D eigenvalue weighted by Crippen LogP contribution is 2.05. The Hall–Kier alpha value is -0.0800. The van der Waals surface area contributed by atoms with Crippen LogP contribution in [-0.4, -0.2) is 37.6 Å². The highest BCUT2D eigenvalue weighted by Gasteiger charge is 2.08. The van der Waals surface area contributed by atoms with E-state index in [9.17, 15) is 0 Å². The monoisotopic (exact) mass is 200 g/mol. The molecule has 0 saturated carbocycles. The van der Waals surface area contributed by atoms with Gasteiger partial charge in [0.25, 0.3) is 0 Å². The van der Waals surface area contributed by atoms with E-state index >= 15 is 0 Å². The molecular weight excluding hydrogens is 172 g/mol. The zero-order valence-corrected chi connectivity index (χ0v) is 10.5. The number of hydrogen-bond donors (Lipinski definition) is 1. The lowest BCUT2D eigenvalue weighted by Crippen LogP contribution is -2.43. The first-order valence-electron chi connectivity index (χ1n) is 6.22. The minimum atomic E-state index is 0.868. The van der Waals surface area contributed by atoms with Crippen molar-refractivity contribution < 1.29 is 0 Å². The third kappa shape index (κ3) is 7.34. The molecular formula is C12H28N2. The minimum Gasteiger partial charge on any atom is -0.314 e. The molecule has 0 aliphatic carbocycles. The van der Waals surface area contributed by atoms with Gasteiger partial charge in [0.15, 0.2) is 0 Å². The predicted molar refractivity (Wildman–Crippen MR) is 64.7 cm³/mol. The largest absolute Gasteiger partial charge is 0.314 e. The Bertz CT molecular complexity index is 107. The van der Waals surface area contributed by atoms with Crippen LogP contribution in [0.15, 0.2) is 0 Å². The van der Waals surface area contributed by atoms with Crippen LogP contribution in [0.5, 0.6) is 0 Å². The van der Waals surface area contributed by atoms with Crippen LogP contribution < -0.4 is 5.32 Å². The van der Waals surface area contributed by atoms with Gasteiger partial charge in [-0.1, -0.05) is 27.7 Å². The molecule has 1 aliphatic heterocycles. The van der Waals surface area contributed by atoms with Crippen molar-refractivity contribution in [2.45, 2.75) is 40.5 Å². The molecule has 1 rings (SSSR count). The van der Waals surface area contributed by atoms with Crippen LogP contribution in [0, 0.1) is 5.92 Å². The Morgan fingerprint density at radius 1 is 1.14 bits per heavy atom. The summed E-state index contributed by atoms with van der Waals surface area (Å²) < 4.78 is 0. The van der Waals surface area contributed by atoms with Crippen molar-refractivity contribution >= 4 is 0 Å². The van der Waals surface area contributed by atoms with Gasteiger partial charge in [0.05, 0.1) is 0 Å². The van der Waals surface area contributed by atoms with Gasteiger partial charge in [-0.25, -0.2) is 0 Å². The first-order valence-corrected chi connectivity index (χ1v) is 6.22. The molecule has 86 valence electrons. The zero-order chi connectivity index (χ0) is 10.8. The third-order valence-corrected chi connectivity index (χ3v) is 2.47. The first kappa shape index (κ1) is 13.9. The van der Waals surface area contributed by atoms with E-state index in [4.69, 9.17) is 0 Å². The second-order valence-electron chi connectivity index (χ2n) is 4.13. The average molecular weight is 200 g/mol. The number of nitrogens with one attached hydrogen (secondary N) is 1. The van der Waals surface area contributed by atoms with Gasteiger partial charge >= 0.3 is 0 Å². The Morgan fingerprint density at radius 3 is 2.21 bits per heavy atom.